The zero-order chi connectivity index (χ0) is 21.1. The number of nitrogens with zero attached hydrogens (tertiary/aromatic N) is 2. The first-order chi connectivity index (χ1) is 14.6. The van der Waals surface area contributed by atoms with E-state index >= 15 is 0 Å². The maximum atomic E-state index is 13.5. The van der Waals surface area contributed by atoms with Crippen molar-refractivity contribution in [2.45, 2.75) is 50.7 Å². The summed E-state index contributed by atoms with van der Waals surface area (Å²) in [6.45, 7) is 0.516. The third-order valence-electron chi connectivity index (χ3n) is 6.58. The quantitative estimate of drug-likeness (QED) is 0.750. The third kappa shape index (κ3) is 4.07. The van der Waals surface area contributed by atoms with E-state index in [1.54, 1.807) is 12.0 Å². The number of carbonyl (C=O) groups excluding carboxylic acids is 2. The second kappa shape index (κ2) is 8.90. The van der Waals surface area contributed by atoms with Crippen LogP contribution in [0, 0.1) is 5.92 Å². The molecular weight excluding hydrogens is 376 g/mol. The van der Waals surface area contributed by atoms with Crippen LogP contribution in [0.25, 0.3) is 0 Å². The standard InChI is InChI=1S/C25H30N2O3/c1-26(17-18-12-14-21(30-2)15-13-18)25(29)23-16-20-10-6-7-11-22(20)27(23)24(28)19-8-4-3-5-9-19/h3-5,8-9,12-15,20,22-23H,6-7,10-11,16-17H2,1-2H3. The zero-order valence-electron chi connectivity index (χ0n) is 17.8. The molecule has 1 saturated carbocycles. The Morgan fingerprint density at radius 2 is 1.73 bits per heavy atom. The van der Waals surface area contributed by atoms with Crippen molar-refractivity contribution < 1.29 is 14.3 Å². The van der Waals surface area contributed by atoms with Gasteiger partial charge in [0.25, 0.3) is 5.91 Å². The second-order valence-electron chi connectivity index (χ2n) is 8.48. The SMILES string of the molecule is COc1ccc(CN(C)C(=O)C2CC3CCCCC3N2C(=O)c2ccccc2)cc1. The largest absolute Gasteiger partial charge is 0.497 e. The van der Waals surface area contributed by atoms with Crippen molar-refractivity contribution in [1.29, 1.82) is 0 Å². The number of amides is 2. The molecule has 5 heteroatoms. The van der Waals surface area contributed by atoms with E-state index in [0.29, 0.717) is 18.0 Å². The highest BCUT2D eigenvalue weighted by molar-refractivity contribution is 5.98. The molecule has 2 aromatic rings. The summed E-state index contributed by atoms with van der Waals surface area (Å²) in [6.07, 6.45) is 5.19. The summed E-state index contributed by atoms with van der Waals surface area (Å²) in [4.78, 5) is 30.5. The summed E-state index contributed by atoms with van der Waals surface area (Å²) < 4.78 is 5.21. The second-order valence-corrected chi connectivity index (χ2v) is 8.48. The van der Waals surface area contributed by atoms with Crippen molar-refractivity contribution in [1.82, 2.24) is 9.80 Å². The van der Waals surface area contributed by atoms with E-state index in [9.17, 15) is 9.59 Å². The monoisotopic (exact) mass is 406 g/mol. The number of rotatable bonds is 5. The molecule has 2 fully saturated rings. The van der Waals surface area contributed by atoms with Crippen LogP contribution in [0.2, 0.25) is 0 Å². The molecule has 5 nitrogen and oxygen atoms in total. The molecule has 30 heavy (non-hydrogen) atoms. The van der Waals surface area contributed by atoms with Crippen molar-refractivity contribution in [3.05, 3.63) is 65.7 Å². The van der Waals surface area contributed by atoms with Crippen molar-refractivity contribution in [2.75, 3.05) is 14.2 Å². The molecule has 0 radical (unpaired) electrons. The molecule has 2 aliphatic rings. The molecule has 1 aliphatic heterocycles. The molecule has 0 N–H and O–H groups in total. The Morgan fingerprint density at radius 1 is 1.03 bits per heavy atom. The summed E-state index contributed by atoms with van der Waals surface area (Å²) in [5.74, 6) is 1.24. The molecule has 4 rings (SSSR count). The van der Waals surface area contributed by atoms with Gasteiger partial charge >= 0.3 is 0 Å². The van der Waals surface area contributed by atoms with Gasteiger partial charge in [0.05, 0.1) is 7.11 Å². The van der Waals surface area contributed by atoms with Gasteiger partial charge in [0.1, 0.15) is 11.8 Å². The molecule has 0 bridgehead atoms. The summed E-state index contributed by atoms with van der Waals surface area (Å²) in [5.41, 5.74) is 1.71. The minimum atomic E-state index is -0.381. The Hall–Kier alpha value is -2.82. The number of fused-ring (bicyclic) bond motifs is 1. The minimum Gasteiger partial charge on any atom is -0.497 e. The van der Waals surface area contributed by atoms with Crippen LogP contribution in [0.5, 0.6) is 5.75 Å². The van der Waals surface area contributed by atoms with Gasteiger partial charge in [-0.2, -0.15) is 0 Å². The first kappa shape index (κ1) is 20.5. The van der Waals surface area contributed by atoms with Crippen LogP contribution >= 0.6 is 0 Å². The van der Waals surface area contributed by atoms with Gasteiger partial charge < -0.3 is 14.5 Å². The van der Waals surface area contributed by atoms with Gasteiger partial charge in [0.15, 0.2) is 0 Å². The van der Waals surface area contributed by atoms with Gasteiger partial charge in [-0.05, 0) is 55.0 Å². The van der Waals surface area contributed by atoms with Crippen molar-refractivity contribution in [2.24, 2.45) is 5.92 Å². The minimum absolute atomic E-state index is 0.0128. The number of hydrogen-bond donors (Lipinski definition) is 0. The van der Waals surface area contributed by atoms with E-state index in [2.05, 4.69) is 0 Å². The van der Waals surface area contributed by atoms with Gasteiger partial charge in [-0.25, -0.2) is 0 Å². The third-order valence-corrected chi connectivity index (χ3v) is 6.58. The predicted octanol–water partition coefficient (Wildman–Crippen LogP) is 4.13. The molecule has 2 aromatic carbocycles. The van der Waals surface area contributed by atoms with Crippen molar-refractivity contribution >= 4 is 11.8 Å². The summed E-state index contributed by atoms with van der Waals surface area (Å²) in [6, 6.07) is 16.9. The molecule has 0 aromatic heterocycles. The summed E-state index contributed by atoms with van der Waals surface area (Å²) in [7, 11) is 3.47. The molecule has 1 aliphatic carbocycles. The molecule has 3 unspecified atom stereocenters. The Bertz CT molecular complexity index is 881. The van der Waals surface area contributed by atoms with Gasteiger partial charge in [-0.15, -0.1) is 0 Å². The highest BCUT2D eigenvalue weighted by Gasteiger charge is 2.48. The number of likely N-dealkylation sites (N-methyl/N-ethyl adjacent to an activating group) is 1. The average Bonchev–Trinajstić information content (AvgIpc) is 3.18. The smallest absolute Gasteiger partial charge is 0.254 e. The van der Waals surface area contributed by atoms with Crippen LogP contribution in [0.15, 0.2) is 54.6 Å². The van der Waals surface area contributed by atoms with E-state index in [1.807, 2.05) is 66.5 Å². The lowest BCUT2D eigenvalue weighted by Gasteiger charge is -2.34. The van der Waals surface area contributed by atoms with E-state index < -0.39 is 0 Å². The summed E-state index contributed by atoms with van der Waals surface area (Å²) in [5, 5.41) is 0. The van der Waals surface area contributed by atoms with Gasteiger partial charge in [0, 0.05) is 25.2 Å². The van der Waals surface area contributed by atoms with E-state index in [-0.39, 0.29) is 23.9 Å². The van der Waals surface area contributed by atoms with Crippen LogP contribution < -0.4 is 4.74 Å². The molecule has 3 atom stereocenters. The number of benzene rings is 2. The van der Waals surface area contributed by atoms with Crippen molar-refractivity contribution in [3.63, 3.8) is 0 Å². The predicted molar refractivity (Wildman–Crippen MR) is 116 cm³/mol. The first-order valence-electron chi connectivity index (χ1n) is 10.8. The Balaban J connectivity index is 1.54. The fourth-order valence-corrected chi connectivity index (χ4v) is 5.04. The number of carbonyl (C=O) groups is 2. The van der Waals surface area contributed by atoms with Gasteiger partial charge in [-0.3, -0.25) is 9.59 Å². The normalized spacial score (nSPS) is 23.0. The first-order valence-corrected chi connectivity index (χ1v) is 10.8. The fraction of sp³-hybridized carbons (Fsp3) is 0.440. The highest BCUT2D eigenvalue weighted by atomic mass is 16.5. The van der Waals surface area contributed by atoms with Crippen LogP contribution in [-0.2, 0) is 11.3 Å². The molecule has 2 amide bonds. The van der Waals surface area contributed by atoms with Crippen LogP contribution in [0.1, 0.15) is 48.0 Å². The van der Waals surface area contributed by atoms with E-state index in [0.717, 1.165) is 37.0 Å². The lowest BCUT2D eigenvalue weighted by molar-refractivity contribution is -0.134. The molecule has 1 saturated heterocycles. The Labute approximate surface area is 178 Å². The van der Waals surface area contributed by atoms with Crippen LogP contribution in [0.4, 0.5) is 0 Å². The lowest BCUT2D eigenvalue weighted by atomic mass is 9.84. The fourth-order valence-electron chi connectivity index (χ4n) is 5.04. The number of likely N-dealkylation sites (tertiary alicyclic amines) is 1. The maximum absolute atomic E-state index is 13.5. The Morgan fingerprint density at radius 3 is 2.43 bits per heavy atom. The lowest BCUT2D eigenvalue weighted by Crippen LogP contribution is -2.49. The number of ether oxygens (including phenoxy) is 1. The number of hydrogen-bond acceptors (Lipinski definition) is 3. The Kier molecular flexibility index (Phi) is 6.07. The van der Waals surface area contributed by atoms with E-state index in [1.165, 1.54) is 6.42 Å². The zero-order valence-corrected chi connectivity index (χ0v) is 17.8. The average molecular weight is 407 g/mol. The molecule has 0 spiro atoms. The van der Waals surface area contributed by atoms with Gasteiger partial charge in [0.2, 0.25) is 5.91 Å². The van der Waals surface area contributed by atoms with Crippen molar-refractivity contribution in [3.8, 4) is 5.75 Å². The highest BCUT2D eigenvalue weighted by Crippen LogP contribution is 2.41. The molecular formula is C25H30N2O3. The topological polar surface area (TPSA) is 49.9 Å². The summed E-state index contributed by atoms with van der Waals surface area (Å²) >= 11 is 0. The van der Waals surface area contributed by atoms with Crippen LogP contribution in [-0.4, -0.2) is 47.9 Å². The molecule has 158 valence electrons. The van der Waals surface area contributed by atoms with Gasteiger partial charge in [-0.1, -0.05) is 43.2 Å². The maximum Gasteiger partial charge on any atom is 0.254 e. The molecule has 1 heterocycles. The number of methoxy groups -OCH3 is 1. The van der Waals surface area contributed by atoms with E-state index in [4.69, 9.17) is 4.74 Å². The van der Waals surface area contributed by atoms with Crippen LogP contribution in [0.3, 0.4) is 0 Å².